The molecule has 1 aliphatic rings. The molecule has 1 aromatic carbocycles. The van der Waals surface area contributed by atoms with Crippen LogP contribution in [0.15, 0.2) is 12.1 Å². The molecular weight excluding hydrogens is 246 g/mol. The molecule has 0 saturated heterocycles. The zero-order valence-electron chi connectivity index (χ0n) is 7.70. The normalized spacial score (nSPS) is 17.5. The highest BCUT2D eigenvalue weighted by atomic mass is 79.9. The summed E-state index contributed by atoms with van der Waals surface area (Å²) in [6, 6.07) is 3.31. The Balaban J connectivity index is 2.41. The number of halogens is 1. The van der Waals surface area contributed by atoms with Crippen molar-refractivity contribution in [3.63, 3.8) is 0 Å². The zero-order chi connectivity index (χ0) is 10.1. The van der Waals surface area contributed by atoms with E-state index in [0.717, 1.165) is 37.1 Å². The first-order valence-electron chi connectivity index (χ1n) is 4.61. The topological polar surface area (TPSA) is 43.7 Å². The van der Waals surface area contributed by atoms with Crippen molar-refractivity contribution in [2.24, 2.45) is 0 Å². The fourth-order valence-electron chi connectivity index (χ4n) is 1.75. The molecule has 14 heavy (non-hydrogen) atoms. The molecule has 2 rings (SSSR count). The number of nitrogens with zero attached hydrogens (tertiary/aromatic N) is 1. The first kappa shape index (κ1) is 9.80. The number of benzene rings is 1. The third kappa shape index (κ3) is 1.86. The summed E-state index contributed by atoms with van der Waals surface area (Å²) in [5, 5.41) is 18.7. The van der Waals surface area contributed by atoms with Crippen molar-refractivity contribution in [1.29, 1.82) is 0 Å². The highest BCUT2D eigenvalue weighted by Crippen LogP contribution is 2.31. The van der Waals surface area contributed by atoms with E-state index in [2.05, 4.69) is 16.1 Å². The fourth-order valence-corrected chi connectivity index (χ4v) is 2.27. The Morgan fingerprint density at radius 3 is 2.50 bits per heavy atom. The molecule has 0 unspecified atom stereocenters. The van der Waals surface area contributed by atoms with Crippen molar-refractivity contribution in [3.8, 4) is 11.5 Å². The first-order valence-corrected chi connectivity index (χ1v) is 5.32. The standard InChI is InChI=1S/C10H12BrNO2/c11-12-3-1-2-7-4-9(13)10(14)5-8(7)6-12/h4-5,13-14H,1-3,6H2. The molecule has 1 aromatic rings. The van der Waals surface area contributed by atoms with Gasteiger partial charge in [0.1, 0.15) is 0 Å². The number of phenols is 2. The van der Waals surface area contributed by atoms with Gasteiger partial charge in [0.2, 0.25) is 0 Å². The van der Waals surface area contributed by atoms with E-state index < -0.39 is 0 Å². The van der Waals surface area contributed by atoms with Gasteiger partial charge in [-0.2, -0.15) is 0 Å². The number of fused-ring (bicyclic) bond motifs is 1. The van der Waals surface area contributed by atoms with E-state index in [1.54, 1.807) is 12.1 Å². The maximum absolute atomic E-state index is 9.37. The number of hydrogen-bond donors (Lipinski definition) is 2. The van der Waals surface area contributed by atoms with E-state index >= 15 is 0 Å². The minimum absolute atomic E-state index is 0.0215. The minimum Gasteiger partial charge on any atom is -0.504 e. The largest absolute Gasteiger partial charge is 0.504 e. The molecular formula is C10H12BrNO2. The number of aromatic hydroxyl groups is 2. The van der Waals surface area contributed by atoms with Gasteiger partial charge in [0.25, 0.3) is 0 Å². The van der Waals surface area contributed by atoms with Crippen LogP contribution in [0.1, 0.15) is 17.5 Å². The van der Waals surface area contributed by atoms with Crippen molar-refractivity contribution >= 4 is 16.1 Å². The highest BCUT2D eigenvalue weighted by molar-refractivity contribution is 9.07. The molecule has 2 N–H and O–H groups in total. The molecule has 0 fully saturated rings. The summed E-state index contributed by atoms with van der Waals surface area (Å²) < 4.78 is 2.04. The van der Waals surface area contributed by atoms with Crippen LogP contribution in [0.3, 0.4) is 0 Å². The summed E-state index contributed by atoms with van der Waals surface area (Å²) in [6.45, 7) is 1.75. The van der Waals surface area contributed by atoms with E-state index in [4.69, 9.17) is 0 Å². The molecule has 1 aliphatic heterocycles. The second-order valence-electron chi connectivity index (χ2n) is 3.56. The molecule has 1 heterocycles. The summed E-state index contributed by atoms with van der Waals surface area (Å²) in [6.07, 6.45) is 2.01. The van der Waals surface area contributed by atoms with Gasteiger partial charge in [-0.1, -0.05) is 0 Å². The maximum atomic E-state index is 9.37. The second-order valence-corrected chi connectivity index (χ2v) is 4.56. The third-order valence-corrected chi connectivity index (χ3v) is 3.09. The Hall–Kier alpha value is -0.740. The van der Waals surface area contributed by atoms with Crippen LogP contribution in [-0.2, 0) is 13.0 Å². The molecule has 4 heteroatoms. The molecule has 76 valence electrons. The first-order chi connectivity index (χ1) is 6.66. The van der Waals surface area contributed by atoms with Gasteiger partial charge in [0.05, 0.1) is 0 Å². The summed E-state index contributed by atoms with van der Waals surface area (Å²) >= 11 is 3.44. The molecule has 0 spiro atoms. The summed E-state index contributed by atoms with van der Waals surface area (Å²) in [7, 11) is 0. The van der Waals surface area contributed by atoms with Gasteiger partial charge in [0, 0.05) is 29.2 Å². The predicted octanol–water partition coefficient (Wildman–Crippen LogP) is 2.16. The smallest absolute Gasteiger partial charge is 0.157 e. The van der Waals surface area contributed by atoms with E-state index in [1.807, 2.05) is 3.93 Å². The van der Waals surface area contributed by atoms with Gasteiger partial charge in [-0.25, -0.2) is 3.93 Å². The van der Waals surface area contributed by atoms with Crippen molar-refractivity contribution in [3.05, 3.63) is 23.3 Å². The van der Waals surface area contributed by atoms with Gasteiger partial charge in [-0.3, -0.25) is 0 Å². The lowest BCUT2D eigenvalue weighted by molar-refractivity contribution is 0.402. The van der Waals surface area contributed by atoms with Crippen molar-refractivity contribution in [1.82, 2.24) is 3.93 Å². The van der Waals surface area contributed by atoms with E-state index in [9.17, 15) is 10.2 Å². The Labute approximate surface area is 91.3 Å². The minimum atomic E-state index is -0.0356. The monoisotopic (exact) mass is 257 g/mol. The van der Waals surface area contributed by atoms with Crippen LogP contribution in [0.25, 0.3) is 0 Å². The maximum Gasteiger partial charge on any atom is 0.157 e. The van der Waals surface area contributed by atoms with Crippen LogP contribution in [0.4, 0.5) is 0 Å². The number of rotatable bonds is 0. The third-order valence-electron chi connectivity index (χ3n) is 2.49. The fraction of sp³-hybridized carbons (Fsp3) is 0.400. The lowest BCUT2D eigenvalue weighted by atomic mass is 10.0. The van der Waals surface area contributed by atoms with Gasteiger partial charge < -0.3 is 10.2 Å². The lowest BCUT2D eigenvalue weighted by Crippen LogP contribution is -2.09. The Morgan fingerprint density at radius 1 is 1.14 bits per heavy atom. The zero-order valence-corrected chi connectivity index (χ0v) is 9.29. The van der Waals surface area contributed by atoms with Gasteiger partial charge in [-0.15, -0.1) is 0 Å². The van der Waals surface area contributed by atoms with Crippen molar-refractivity contribution < 1.29 is 10.2 Å². The quantitative estimate of drug-likeness (QED) is 0.553. The number of aryl methyl sites for hydroxylation is 1. The van der Waals surface area contributed by atoms with Crippen LogP contribution in [0, 0.1) is 0 Å². The average molecular weight is 258 g/mol. The molecule has 0 aromatic heterocycles. The molecule has 0 saturated carbocycles. The Bertz CT molecular complexity index is 354. The molecule has 0 atom stereocenters. The summed E-state index contributed by atoms with van der Waals surface area (Å²) in [4.78, 5) is 0. The van der Waals surface area contributed by atoms with Crippen LogP contribution in [0.5, 0.6) is 11.5 Å². The van der Waals surface area contributed by atoms with E-state index in [-0.39, 0.29) is 11.5 Å². The molecule has 0 radical (unpaired) electrons. The van der Waals surface area contributed by atoms with Crippen LogP contribution in [-0.4, -0.2) is 20.7 Å². The van der Waals surface area contributed by atoms with Gasteiger partial charge in [0.15, 0.2) is 11.5 Å². The predicted molar refractivity (Wildman–Crippen MR) is 57.4 cm³/mol. The van der Waals surface area contributed by atoms with Crippen LogP contribution < -0.4 is 0 Å². The Morgan fingerprint density at radius 2 is 1.79 bits per heavy atom. The van der Waals surface area contributed by atoms with Crippen molar-refractivity contribution in [2.45, 2.75) is 19.4 Å². The van der Waals surface area contributed by atoms with Gasteiger partial charge in [-0.05, 0) is 36.1 Å². The van der Waals surface area contributed by atoms with Gasteiger partial charge >= 0.3 is 0 Å². The number of hydrogen-bond acceptors (Lipinski definition) is 3. The molecule has 0 aliphatic carbocycles. The molecule has 3 nitrogen and oxygen atoms in total. The van der Waals surface area contributed by atoms with Crippen LogP contribution in [0.2, 0.25) is 0 Å². The van der Waals surface area contributed by atoms with Crippen LogP contribution >= 0.6 is 16.1 Å². The Kier molecular flexibility index (Phi) is 2.65. The average Bonchev–Trinajstić information content (AvgIpc) is 2.28. The highest BCUT2D eigenvalue weighted by Gasteiger charge is 2.14. The van der Waals surface area contributed by atoms with E-state index in [1.165, 1.54) is 0 Å². The number of phenolic OH excluding ortho intramolecular Hbond substituents is 2. The summed E-state index contributed by atoms with van der Waals surface area (Å²) in [5.74, 6) is -0.0571. The SMILES string of the molecule is Oc1cc2c(cc1O)CN(Br)CCC2. The van der Waals surface area contributed by atoms with E-state index in [0.29, 0.717) is 0 Å². The summed E-state index contributed by atoms with van der Waals surface area (Å²) in [5.41, 5.74) is 2.21. The molecule has 0 bridgehead atoms. The lowest BCUT2D eigenvalue weighted by Gasteiger charge is -2.11. The second kappa shape index (κ2) is 3.79. The van der Waals surface area contributed by atoms with Crippen molar-refractivity contribution in [2.75, 3.05) is 6.54 Å². The molecule has 0 amide bonds.